The van der Waals surface area contributed by atoms with E-state index in [-0.39, 0.29) is 0 Å². The number of aliphatic hydroxyl groups is 1. The van der Waals surface area contributed by atoms with Crippen LogP contribution in [0.25, 0.3) is 0 Å². The zero-order valence-corrected chi connectivity index (χ0v) is 11.8. The van der Waals surface area contributed by atoms with Crippen LogP contribution >= 0.6 is 15.9 Å². The molecule has 0 aliphatic rings. The molecule has 0 amide bonds. The third kappa shape index (κ3) is 3.11. The molecule has 0 aliphatic carbocycles. The summed E-state index contributed by atoms with van der Waals surface area (Å²) in [4.78, 5) is 0. The van der Waals surface area contributed by atoms with E-state index in [1.54, 1.807) is 6.92 Å². The maximum Gasteiger partial charge on any atom is 0.174 e. The van der Waals surface area contributed by atoms with Crippen molar-refractivity contribution in [2.45, 2.75) is 26.6 Å². The normalized spacial score (nSPS) is 12.4. The van der Waals surface area contributed by atoms with Gasteiger partial charge < -0.3 is 14.4 Å². The largest absolute Gasteiger partial charge is 0.485 e. The van der Waals surface area contributed by atoms with Gasteiger partial charge in [-0.3, -0.25) is 0 Å². The van der Waals surface area contributed by atoms with Crippen molar-refractivity contribution in [1.82, 2.24) is 5.16 Å². The molecule has 0 unspecified atom stereocenters. The average molecular weight is 312 g/mol. The van der Waals surface area contributed by atoms with Crippen LogP contribution in [-0.2, 0) is 6.61 Å². The van der Waals surface area contributed by atoms with Crippen molar-refractivity contribution in [2.24, 2.45) is 0 Å². The molecule has 96 valence electrons. The lowest BCUT2D eigenvalue weighted by molar-refractivity contribution is 0.186. The van der Waals surface area contributed by atoms with Crippen molar-refractivity contribution in [3.63, 3.8) is 0 Å². The van der Waals surface area contributed by atoms with Crippen molar-refractivity contribution in [3.05, 3.63) is 45.8 Å². The lowest BCUT2D eigenvalue weighted by atomic mass is 10.1. The van der Waals surface area contributed by atoms with E-state index in [4.69, 9.17) is 9.26 Å². The highest BCUT2D eigenvalue weighted by molar-refractivity contribution is 9.10. The number of ether oxygens (including phenoxy) is 1. The number of benzene rings is 1. The molecule has 1 aromatic carbocycles. The highest BCUT2D eigenvalue weighted by atomic mass is 79.9. The van der Waals surface area contributed by atoms with E-state index >= 15 is 0 Å². The lowest BCUT2D eigenvalue weighted by Crippen LogP contribution is -2.00. The zero-order valence-electron chi connectivity index (χ0n) is 10.2. The third-order valence-corrected chi connectivity index (χ3v) is 2.96. The van der Waals surface area contributed by atoms with Gasteiger partial charge in [0.2, 0.25) is 0 Å². The van der Waals surface area contributed by atoms with Crippen molar-refractivity contribution in [2.75, 3.05) is 0 Å². The van der Waals surface area contributed by atoms with Crippen molar-refractivity contribution in [3.8, 4) is 5.75 Å². The molecule has 0 saturated carbocycles. The molecule has 0 aliphatic heterocycles. The Morgan fingerprint density at radius 1 is 1.44 bits per heavy atom. The predicted molar refractivity (Wildman–Crippen MR) is 70.3 cm³/mol. The Balaban J connectivity index is 2.13. The Hall–Kier alpha value is -1.33. The summed E-state index contributed by atoms with van der Waals surface area (Å²) in [6.45, 7) is 3.85. The van der Waals surface area contributed by atoms with Gasteiger partial charge in [-0.05, 0) is 32.0 Å². The molecule has 1 N–H and O–H groups in total. The highest BCUT2D eigenvalue weighted by Crippen LogP contribution is 2.29. The number of nitrogens with zero attached hydrogens (tertiary/aromatic N) is 1. The second kappa shape index (κ2) is 5.54. The molecule has 5 heteroatoms. The summed E-state index contributed by atoms with van der Waals surface area (Å²) >= 11 is 3.37. The molecule has 0 spiro atoms. The highest BCUT2D eigenvalue weighted by Gasteiger charge is 2.11. The maximum absolute atomic E-state index is 9.69. The first-order chi connectivity index (χ1) is 8.56. The topological polar surface area (TPSA) is 55.5 Å². The number of halogens is 1. The number of aryl methyl sites for hydroxylation is 1. The standard InChI is InChI=1S/C13H14BrNO3/c1-8-5-11(18-15-8)7-17-13-4-3-10(14)6-12(13)9(2)16/h3-6,9,16H,7H2,1-2H3/t9-/m1/s1. The zero-order chi connectivity index (χ0) is 13.1. The molecule has 0 bridgehead atoms. The fourth-order valence-electron chi connectivity index (χ4n) is 1.61. The van der Waals surface area contributed by atoms with Gasteiger partial charge in [-0.25, -0.2) is 0 Å². The fourth-order valence-corrected chi connectivity index (χ4v) is 1.99. The van der Waals surface area contributed by atoms with Crippen LogP contribution in [0.4, 0.5) is 0 Å². The molecule has 4 nitrogen and oxygen atoms in total. The van der Waals surface area contributed by atoms with E-state index in [9.17, 15) is 5.11 Å². The van der Waals surface area contributed by atoms with Crippen LogP contribution in [0.1, 0.15) is 30.0 Å². The number of aromatic nitrogens is 1. The number of aliphatic hydroxyl groups excluding tert-OH is 1. The van der Waals surface area contributed by atoms with E-state index in [0.717, 1.165) is 15.7 Å². The summed E-state index contributed by atoms with van der Waals surface area (Å²) in [5, 5.41) is 13.5. The summed E-state index contributed by atoms with van der Waals surface area (Å²) in [5.41, 5.74) is 1.56. The molecule has 18 heavy (non-hydrogen) atoms. The number of rotatable bonds is 4. The molecule has 2 aromatic rings. The number of hydrogen-bond donors (Lipinski definition) is 1. The molecule has 1 atom stereocenters. The summed E-state index contributed by atoms with van der Waals surface area (Å²) in [5.74, 6) is 1.30. The van der Waals surface area contributed by atoms with Crippen LogP contribution in [0.3, 0.4) is 0 Å². The second-order valence-corrected chi connectivity index (χ2v) is 5.00. The molecule has 2 rings (SSSR count). The van der Waals surface area contributed by atoms with E-state index in [1.165, 1.54) is 0 Å². The van der Waals surface area contributed by atoms with Crippen LogP contribution in [-0.4, -0.2) is 10.3 Å². The second-order valence-electron chi connectivity index (χ2n) is 4.08. The minimum absolute atomic E-state index is 0.294. The van der Waals surface area contributed by atoms with E-state index in [1.807, 2.05) is 31.2 Å². The van der Waals surface area contributed by atoms with Crippen LogP contribution in [0.5, 0.6) is 5.75 Å². The Morgan fingerprint density at radius 2 is 2.22 bits per heavy atom. The van der Waals surface area contributed by atoms with Crippen LogP contribution in [0.15, 0.2) is 33.3 Å². The SMILES string of the molecule is Cc1cc(COc2ccc(Br)cc2[C@@H](C)O)on1. The monoisotopic (exact) mass is 311 g/mol. The van der Waals surface area contributed by atoms with Crippen molar-refractivity contribution in [1.29, 1.82) is 0 Å². The predicted octanol–water partition coefficient (Wildman–Crippen LogP) is 3.38. The van der Waals surface area contributed by atoms with Crippen LogP contribution < -0.4 is 4.74 Å². The van der Waals surface area contributed by atoms with Gasteiger partial charge in [0, 0.05) is 16.1 Å². The van der Waals surface area contributed by atoms with Gasteiger partial charge in [-0.1, -0.05) is 21.1 Å². The Morgan fingerprint density at radius 3 is 2.83 bits per heavy atom. The molecule has 1 heterocycles. The lowest BCUT2D eigenvalue weighted by Gasteiger charge is -2.12. The Bertz CT molecular complexity index is 537. The molecular weight excluding hydrogens is 298 g/mol. The maximum atomic E-state index is 9.69. The molecule has 0 saturated heterocycles. The van der Waals surface area contributed by atoms with Gasteiger partial charge in [0.15, 0.2) is 5.76 Å². The Kier molecular flexibility index (Phi) is 4.04. The summed E-state index contributed by atoms with van der Waals surface area (Å²) < 4.78 is 11.6. The van der Waals surface area contributed by atoms with Crippen molar-refractivity contribution < 1.29 is 14.4 Å². The quantitative estimate of drug-likeness (QED) is 0.940. The third-order valence-electron chi connectivity index (χ3n) is 2.47. The molecule has 1 aromatic heterocycles. The van der Waals surface area contributed by atoms with E-state index in [0.29, 0.717) is 18.1 Å². The van der Waals surface area contributed by atoms with Crippen LogP contribution in [0.2, 0.25) is 0 Å². The summed E-state index contributed by atoms with van der Waals surface area (Å²) in [6.07, 6.45) is -0.589. The first kappa shape index (κ1) is 13.1. The fraction of sp³-hybridized carbons (Fsp3) is 0.308. The van der Waals surface area contributed by atoms with E-state index < -0.39 is 6.10 Å². The molecule has 0 radical (unpaired) electrons. The van der Waals surface area contributed by atoms with Gasteiger partial charge in [0.1, 0.15) is 12.4 Å². The first-order valence-corrected chi connectivity index (χ1v) is 6.38. The van der Waals surface area contributed by atoms with Crippen LogP contribution in [0, 0.1) is 6.92 Å². The Labute approximate surface area is 114 Å². The number of hydrogen-bond acceptors (Lipinski definition) is 4. The summed E-state index contributed by atoms with van der Waals surface area (Å²) in [7, 11) is 0. The molecule has 0 fully saturated rings. The van der Waals surface area contributed by atoms with Gasteiger partial charge in [-0.2, -0.15) is 0 Å². The van der Waals surface area contributed by atoms with Gasteiger partial charge in [0.05, 0.1) is 11.8 Å². The minimum Gasteiger partial charge on any atom is -0.485 e. The van der Waals surface area contributed by atoms with Gasteiger partial charge >= 0.3 is 0 Å². The minimum atomic E-state index is -0.589. The average Bonchev–Trinajstić information content (AvgIpc) is 2.73. The first-order valence-electron chi connectivity index (χ1n) is 5.59. The van der Waals surface area contributed by atoms with E-state index in [2.05, 4.69) is 21.1 Å². The summed E-state index contributed by atoms with van der Waals surface area (Å²) in [6, 6.07) is 7.34. The smallest absolute Gasteiger partial charge is 0.174 e. The van der Waals surface area contributed by atoms with Crippen molar-refractivity contribution >= 4 is 15.9 Å². The molecular formula is C13H14BrNO3. The van der Waals surface area contributed by atoms with Gasteiger partial charge in [0.25, 0.3) is 0 Å². The van der Waals surface area contributed by atoms with Gasteiger partial charge in [-0.15, -0.1) is 0 Å².